The number of aryl methyl sites for hydroxylation is 9. The van der Waals surface area contributed by atoms with Crippen molar-refractivity contribution in [2.24, 2.45) is 5.16 Å². The van der Waals surface area contributed by atoms with E-state index in [0.29, 0.717) is 98.1 Å². The van der Waals surface area contributed by atoms with Crippen molar-refractivity contribution in [1.29, 1.82) is 0 Å². The van der Waals surface area contributed by atoms with E-state index in [9.17, 15) is 71.9 Å². The fourth-order valence-corrected chi connectivity index (χ4v) is 14.7. The van der Waals surface area contributed by atoms with Gasteiger partial charge < -0.3 is 64.8 Å². The van der Waals surface area contributed by atoms with Crippen LogP contribution in [0.2, 0.25) is 0 Å². The number of hydrogen-bond acceptors (Lipinski definition) is 22. The number of carbonyl (C=O) groups is 15. The molecule has 13 rings (SSSR count). The summed E-state index contributed by atoms with van der Waals surface area (Å²) in [7, 11) is 2.70. The minimum Gasteiger partial charge on any atom is -0.481 e. The van der Waals surface area contributed by atoms with Gasteiger partial charge in [-0.3, -0.25) is 43.2 Å². The Kier molecular flexibility index (Phi) is 51.1. The van der Waals surface area contributed by atoms with Gasteiger partial charge in [0.05, 0.1) is 67.0 Å². The Balaban J connectivity index is 0.000000277. The number of esters is 4. The number of oxime groups is 1. The second-order valence-electron chi connectivity index (χ2n) is 33.7. The first kappa shape index (κ1) is 115. The Labute approximate surface area is 810 Å². The van der Waals surface area contributed by atoms with Crippen LogP contribution in [-0.2, 0) is 105 Å². The van der Waals surface area contributed by atoms with Gasteiger partial charge in [-0.2, -0.15) is 0 Å². The van der Waals surface area contributed by atoms with Crippen molar-refractivity contribution >= 4 is 94.6 Å². The summed E-state index contributed by atoms with van der Waals surface area (Å²) in [6.07, 6.45) is 18.7. The second kappa shape index (κ2) is 62.0. The van der Waals surface area contributed by atoms with Gasteiger partial charge in [0.25, 0.3) is 0 Å². The first-order chi connectivity index (χ1) is 66.3. The van der Waals surface area contributed by atoms with Crippen molar-refractivity contribution in [3.8, 4) is 0 Å². The summed E-state index contributed by atoms with van der Waals surface area (Å²) in [6.45, 7) is 13.1. The lowest BCUT2D eigenvalue weighted by atomic mass is 9.86. The van der Waals surface area contributed by atoms with Crippen LogP contribution in [0.4, 0.5) is 4.79 Å². The monoisotopic (exact) mass is 1910 g/mol. The zero-order chi connectivity index (χ0) is 102. The number of alkyl carbamates (subject to hydrolysis) is 1. The van der Waals surface area contributed by atoms with Gasteiger partial charge in [0.15, 0.2) is 23.1 Å². The van der Waals surface area contributed by atoms with Crippen LogP contribution in [0.25, 0.3) is 0 Å². The number of aromatic carboxylic acids is 3. The minimum atomic E-state index is -0.980. The molecule has 1 unspecified atom stereocenters. The average Bonchev–Trinajstić information content (AvgIpc) is 0.816. The highest BCUT2D eigenvalue weighted by Crippen LogP contribution is 2.32. The molecule has 29 nitrogen and oxygen atoms in total. The lowest BCUT2D eigenvalue weighted by Crippen LogP contribution is -2.36. The Hall–Kier alpha value is -14.9. The van der Waals surface area contributed by atoms with Crippen LogP contribution >= 0.6 is 0 Å². The number of ketones is 4. The molecule has 0 heterocycles. The molecule has 0 radical (unpaired) electrons. The highest BCUT2D eigenvalue weighted by molar-refractivity contribution is 6.05. The van der Waals surface area contributed by atoms with E-state index in [1.54, 1.807) is 86.6 Å². The van der Waals surface area contributed by atoms with Gasteiger partial charge in [-0.25, -0.2) is 28.8 Å². The number of rotatable bonds is 30. The Bertz CT molecular complexity index is 5530. The van der Waals surface area contributed by atoms with Crippen molar-refractivity contribution in [3.63, 3.8) is 0 Å². The fourth-order valence-electron chi connectivity index (χ4n) is 14.7. The van der Waals surface area contributed by atoms with Crippen molar-refractivity contribution in [2.75, 3.05) is 27.4 Å². The van der Waals surface area contributed by atoms with Crippen molar-refractivity contribution in [3.05, 3.63) is 318 Å². The molecule has 0 aromatic heterocycles. The number of methoxy groups -OCH3 is 2. The Morgan fingerprint density at radius 1 is 0.367 bits per heavy atom. The SMILES string of the molecule is CC(=O)c1ccc(CCCC(=O)O)cc1.CCOC(=O)CCCc1ccc(C(C)=O)cc1.CCOC(=O)CCCc1ccccc1.COC(=O)c1ccc2c(c1)C(=O)CCC2.COC(=O)c1ccc2c(c1)C(NC(=O)OC(C)(C)C)CCC2.O=C(O)CCCc1ccc(C(=O)O)cc1.O=C(O)CCCc1ccccc1.O=C(O)c1ccc2c(c1)/C(=N/O)CCC2.O=C(O)c1ccc2c(c1)C(=O)CCC2. The number of carboxylic acids is 6. The van der Waals surface area contributed by atoms with E-state index in [2.05, 4.69) is 27.3 Å². The van der Waals surface area contributed by atoms with Gasteiger partial charge in [-0.15, -0.1) is 0 Å². The van der Waals surface area contributed by atoms with Crippen LogP contribution in [0.1, 0.15) is 325 Å². The summed E-state index contributed by atoms with van der Waals surface area (Å²) >= 11 is 0. The number of ether oxygens (including phenoxy) is 5. The minimum absolute atomic E-state index is 0.0482. The topological polar surface area (TPSA) is 468 Å². The lowest BCUT2D eigenvalue weighted by molar-refractivity contribution is -0.144. The maximum absolute atomic E-state index is 12.0. The van der Waals surface area contributed by atoms with E-state index >= 15 is 0 Å². The largest absolute Gasteiger partial charge is 0.481 e. The molecule has 4 aliphatic carbocycles. The van der Waals surface area contributed by atoms with Gasteiger partial charge in [0.1, 0.15) is 5.60 Å². The summed E-state index contributed by atoms with van der Waals surface area (Å²) in [4.78, 5) is 165. The maximum Gasteiger partial charge on any atom is 0.408 e. The van der Waals surface area contributed by atoms with Crippen LogP contribution in [0.5, 0.6) is 0 Å². The molecule has 29 heteroatoms. The molecule has 9 aromatic carbocycles. The molecule has 0 bridgehead atoms. The summed E-state index contributed by atoms with van der Waals surface area (Å²) < 4.78 is 24.4. The molecule has 0 saturated carbocycles. The van der Waals surface area contributed by atoms with Crippen LogP contribution in [0, 0.1) is 0 Å². The number of amides is 1. The van der Waals surface area contributed by atoms with Crippen LogP contribution in [0.15, 0.2) is 211 Å². The van der Waals surface area contributed by atoms with Crippen LogP contribution in [-0.4, -0.2) is 164 Å². The summed E-state index contributed by atoms with van der Waals surface area (Å²) in [5, 5.41) is 66.5. The number of Topliss-reactive ketones (excluding diaryl/α,β-unsaturated/α-hetero) is 4. The summed E-state index contributed by atoms with van der Waals surface area (Å²) in [5.41, 5.74) is 16.0. The molecule has 139 heavy (non-hydrogen) atoms. The second-order valence-corrected chi connectivity index (χ2v) is 33.7. The number of aliphatic carboxylic acids is 3. The third-order valence-electron chi connectivity index (χ3n) is 21.9. The predicted octanol–water partition coefficient (Wildman–Crippen LogP) is 20.7. The molecule has 740 valence electrons. The first-order valence-electron chi connectivity index (χ1n) is 46.3. The molecule has 4 aliphatic rings. The molecule has 0 saturated heterocycles. The molecular weight excluding hydrogens is 1780 g/mol. The zero-order valence-electron chi connectivity index (χ0n) is 80.5. The lowest BCUT2D eigenvalue weighted by Gasteiger charge is -2.28. The molecule has 8 N–H and O–H groups in total. The number of benzene rings is 9. The smallest absolute Gasteiger partial charge is 0.408 e. The molecule has 0 spiro atoms. The number of carboxylic acid groups (broad SMARTS) is 6. The summed E-state index contributed by atoms with van der Waals surface area (Å²) in [6, 6.07) is 61.7. The number of fused-ring (bicyclic) bond motifs is 4. The van der Waals surface area contributed by atoms with E-state index < -0.39 is 53.5 Å². The van der Waals surface area contributed by atoms with E-state index in [-0.39, 0.29) is 83.0 Å². The predicted molar refractivity (Wildman–Crippen MR) is 523 cm³/mol. The van der Waals surface area contributed by atoms with Gasteiger partial charge >= 0.3 is 65.8 Å². The highest BCUT2D eigenvalue weighted by atomic mass is 16.6. The number of carbonyl (C=O) groups excluding carboxylic acids is 9. The van der Waals surface area contributed by atoms with Crippen molar-refractivity contribution in [1.82, 2.24) is 5.32 Å². The third-order valence-corrected chi connectivity index (χ3v) is 21.9. The molecule has 0 fully saturated rings. The summed E-state index contributed by atoms with van der Waals surface area (Å²) in [5.74, 6) is -5.87. The standard InChI is InChI=1S/C17H23NO4.C14H18O3.C12H12O3.C12H14O3.C12H16O2.C11H11NO3.C11H12O4.C11H10O3.C10H12O2/c1-17(2,3)22-16(20)18-14-7-5-6-11-8-9-12(10-13(11)14)15(19)21-4;1-3-17-14(16)6-4-5-12-7-9-13(10-8-12)11(2)15;1-15-12(14)9-6-5-8-3-2-4-11(13)10(8)7-9;1-9(13)11-7-5-10(6-8-11)3-2-4-12(14)15;1-2-14-12(13)10-6-9-11-7-4-3-5-8-11;13-11(14)8-5-4-7-2-1-3-10(12-15)9(7)6-8;12-10(13)3-1-2-8-4-6-9(7-5-8)11(14)15;12-10-3-1-2-7-4-5-8(11(13)14)6-9(7)10;11-10(12)8-4-7-9-5-2-1-3-6-9/h8-10,14H,5-7H2,1-4H3,(H,18,20);7-10H,3-6H2,1-2H3;5-7H,2-4H2,1H3;5-8H,2-4H2,1H3,(H,14,15);3-5,7-8H,2,6,9-10H2,1H3;4-6,15H,1-3H2,(H,13,14);4-7H,1-3H2,(H,12,13)(H,14,15);4-6H,1-3H2,(H,13,14);1-3,5-6H,4,7-8H2,(H,11,12)/b;;;;;12-10+;;;. The maximum atomic E-state index is 12.0. The number of nitrogens with zero attached hydrogens (tertiary/aromatic N) is 1. The van der Waals surface area contributed by atoms with E-state index in [1.807, 2.05) is 131 Å². The molecule has 1 amide bonds. The first-order valence-corrected chi connectivity index (χ1v) is 46.3. The molecule has 0 aliphatic heterocycles. The van der Waals surface area contributed by atoms with E-state index in [0.717, 1.165) is 158 Å². The zero-order valence-corrected chi connectivity index (χ0v) is 80.5. The number of nitrogens with one attached hydrogen (secondary N) is 1. The molecular formula is C110H128N2O27. The Morgan fingerprint density at radius 2 is 0.683 bits per heavy atom. The number of hydrogen-bond donors (Lipinski definition) is 8. The molecule has 1 atom stereocenters. The van der Waals surface area contributed by atoms with Crippen LogP contribution in [0.3, 0.4) is 0 Å². The van der Waals surface area contributed by atoms with E-state index in [4.69, 9.17) is 54.8 Å². The van der Waals surface area contributed by atoms with Gasteiger partial charge in [-0.05, 0) is 293 Å². The quantitative estimate of drug-likeness (QED) is 0.00681. The third kappa shape index (κ3) is 44.2. The Morgan fingerprint density at radius 3 is 1.04 bits per heavy atom. The normalized spacial score (nSPS) is 12.9. The van der Waals surface area contributed by atoms with Gasteiger partial charge in [-0.1, -0.05) is 151 Å². The average molecular weight is 1910 g/mol. The van der Waals surface area contributed by atoms with Crippen molar-refractivity contribution in [2.45, 2.75) is 233 Å². The fraction of sp³-hybridized carbons (Fsp3) is 0.364. The highest BCUT2D eigenvalue weighted by Gasteiger charge is 2.27. The van der Waals surface area contributed by atoms with E-state index in [1.165, 1.54) is 50.5 Å². The van der Waals surface area contributed by atoms with Crippen LogP contribution < -0.4 is 5.32 Å². The van der Waals surface area contributed by atoms with Gasteiger partial charge in [0.2, 0.25) is 0 Å². The van der Waals surface area contributed by atoms with Gasteiger partial charge in [0, 0.05) is 72.8 Å². The molecule has 9 aromatic rings. The van der Waals surface area contributed by atoms with Crippen molar-refractivity contribution < 1.29 is 131 Å².